The minimum absolute atomic E-state index is 0.0250. The Balaban J connectivity index is 1.97. The van der Waals surface area contributed by atoms with Gasteiger partial charge in [0.2, 0.25) is 0 Å². The Labute approximate surface area is 117 Å². The van der Waals surface area contributed by atoms with Gasteiger partial charge in [-0.15, -0.1) is 0 Å². The molecule has 4 heteroatoms. The lowest BCUT2D eigenvalue weighted by molar-refractivity contribution is 0.0966. The number of ether oxygens (including phenoxy) is 1. The van der Waals surface area contributed by atoms with Crippen molar-refractivity contribution in [2.24, 2.45) is 0 Å². The van der Waals surface area contributed by atoms with Gasteiger partial charge in [0.1, 0.15) is 0 Å². The van der Waals surface area contributed by atoms with E-state index >= 15 is 0 Å². The Hall–Kier alpha value is -2.33. The van der Waals surface area contributed by atoms with Gasteiger partial charge >= 0.3 is 0 Å². The normalized spacial score (nSPS) is 14.5. The van der Waals surface area contributed by atoms with Gasteiger partial charge in [0.25, 0.3) is 5.91 Å². The summed E-state index contributed by atoms with van der Waals surface area (Å²) in [6.07, 6.45) is 0. The minimum Gasteiger partial charge on any atom is -0.399 e. The Bertz CT molecular complexity index is 623. The van der Waals surface area contributed by atoms with Gasteiger partial charge in [0, 0.05) is 29.0 Å². The molecule has 0 unspecified atom stereocenters. The molecular weight excluding hydrogens is 252 g/mol. The lowest BCUT2D eigenvalue weighted by atomic mass is 10.1. The van der Waals surface area contributed by atoms with Gasteiger partial charge in [-0.25, -0.2) is 0 Å². The van der Waals surface area contributed by atoms with Gasteiger partial charge < -0.3 is 15.4 Å². The number of carbonyl (C=O) groups excluding carboxylic acids is 1. The molecule has 0 atom stereocenters. The third kappa shape index (κ3) is 2.38. The zero-order chi connectivity index (χ0) is 13.9. The molecule has 102 valence electrons. The second-order valence-electron chi connectivity index (χ2n) is 4.76. The van der Waals surface area contributed by atoms with E-state index in [0.717, 1.165) is 11.3 Å². The van der Waals surface area contributed by atoms with E-state index in [1.807, 2.05) is 24.3 Å². The van der Waals surface area contributed by atoms with E-state index in [4.69, 9.17) is 10.5 Å². The van der Waals surface area contributed by atoms with Gasteiger partial charge in [-0.2, -0.15) is 0 Å². The smallest absolute Gasteiger partial charge is 0.258 e. The van der Waals surface area contributed by atoms with Crippen molar-refractivity contribution in [1.82, 2.24) is 0 Å². The van der Waals surface area contributed by atoms with Crippen molar-refractivity contribution in [1.29, 1.82) is 0 Å². The molecule has 1 heterocycles. The van der Waals surface area contributed by atoms with Crippen LogP contribution in [0.3, 0.4) is 0 Å². The maximum Gasteiger partial charge on any atom is 0.258 e. The molecule has 4 nitrogen and oxygen atoms in total. The van der Waals surface area contributed by atoms with Gasteiger partial charge in [-0.3, -0.25) is 4.79 Å². The number of rotatable bonds is 1. The molecule has 0 spiro atoms. The van der Waals surface area contributed by atoms with Crippen LogP contribution in [0.5, 0.6) is 0 Å². The third-order valence-corrected chi connectivity index (χ3v) is 3.40. The number of hydrogen-bond donors (Lipinski definition) is 1. The molecule has 20 heavy (non-hydrogen) atoms. The zero-order valence-electron chi connectivity index (χ0n) is 11.1. The van der Waals surface area contributed by atoms with Crippen LogP contribution in [0.4, 0.5) is 11.4 Å². The zero-order valence-corrected chi connectivity index (χ0v) is 11.1. The van der Waals surface area contributed by atoms with Crippen molar-refractivity contribution in [3.05, 3.63) is 59.7 Å². The standard InChI is InChI=1S/C16H16N2O2/c17-14-7-5-12(6-8-14)16(19)18-9-10-20-11-13-3-1-2-4-15(13)18/h1-8H,9-11,17H2. The minimum atomic E-state index is -0.0250. The monoisotopic (exact) mass is 268 g/mol. The first kappa shape index (κ1) is 12.7. The number of anilines is 2. The first-order valence-electron chi connectivity index (χ1n) is 6.59. The van der Waals surface area contributed by atoms with Crippen LogP contribution in [0.1, 0.15) is 15.9 Å². The Morgan fingerprint density at radius 2 is 1.85 bits per heavy atom. The van der Waals surface area contributed by atoms with E-state index in [9.17, 15) is 4.79 Å². The second kappa shape index (κ2) is 5.35. The van der Waals surface area contributed by atoms with E-state index in [0.29, 0.717) is 31.0 Å². The average Bonchev–Trinajstić information content (AvgIpc) is 2.69. The van der Waals surface area contributed by atoms with Crippen LogP contribution >= 0.6 is 0 Å². The number of nitrogen functional groups attached to an aromatic ring is 1. The van der Waals surface area contributed by atoms with Gasteiger partial charge in [-0.1, -0.05) is 18.2 Å². The summed E-state index contributed by atoms with van der Waals surface area (Å²) < 4.78 is 5.54. The number of amides is 1. The summed E-state index contributed by atoms with van der Waals surface area (Å²) in [5.41, 5.74) is 8.91. The molecule has 2 N–H and O–H groups in total. The number of nitrogens with zero attached hydrogens (tertiary/aromatic N) is 1. The molecule has 3 rings (SSSR count). The van der Waals surface area contributed by atoms with Crippen molar-refractivity contribution < 1.29 is 9.53 Å². The molecule has 1 aliphatic heterocycles. The SMILES string of the molecule is Nc1ccc(C(=O)N2CCOCc3ccccc32)cc1. The van der Waals surface area contributed by atoms with Crippen LogP contribution in [-0.4, -0.2) is 19.1 Å². The highest BCUT2D eigenvalue weighted by Crippen LogP contribution is 2.25. The second-order valence-corrected chi connectivity index (χ2v) is 4.76. The molecule has 0 aliphatic carbocycles. The molecule has 0 aromatic heterocycles. The van der Waals surface area contributed by atoms with Crippen LogP contribution in [0.2, 0.25) is 0 Å². The number of para-hydroxylation sites is 1. The van der Waals surface area contributed by atoms with Crippen molar-refractivity contribution in [2.45, 2.75) is 6.61 Å². The van der Waals surface area contributed by atoms with E-state index in [1.54, 1.807) is 29.2 Å². The molecule has 2 aromatic carbocycles. The maximum absolute atomic E-state index is 12.7. The number of benzene rings is 2. The summed E-state index contributed by atoms with van der Waals surface area (Å²) >= 11 is 0. The highest BCUT2D eigenvalue weighted by molar-refractivity contribution is 6.06. The molecule has 0 radical (unpaired) electrons. The highest BCUT2D eigenvalue weighted by Gasteiger charge is 2.22. The summed E-state index contributed by atoms with van der Waals surface area (Å²) in [5.74, 6) is -0.0250. The average molecular weight is 268 g/mol. The summed E-state index contributed by atoms with van der Waals surface area (Å²) in [5, 5.41) is 0. The Morgan fingerprint density at radius 3 is 2.65 bits per heavy atom. The van der Waals surface area contributed by atoms with E-state index in [1.165, 1.54) is 0 Å². The fourth-order valence-corrected chi connectivity index (χ4v) is 2.35. The first-order valence-corrected chi connectivity index (χ1v) is 6.59. The summed E-state index contributed by atoms with van der Waals surface area (Å²) in [6, 6.07) is 14.8. The van der Waals surface area contributed by atoms with E-state index in [2.05, 4.69) is 0 Å². The summed E-state index contributed by atoms with van der Waals surface area (Å²) in [4.78, 5) is 14.4. The van der Waals surface area contributed by atoms with Crippen LogP contribution in [-0.2, 0) is 11.3 Å². The number of nitrogens with two attached hydrogens (primary N) is 1. The molecule has 1 amide bonds. The summed E-state index contributed by atoms with van der Waals surface area (Å²) in [7, 11) is 0. The molecule has 0 saturated carbocycles. The van der Waals surface area contributed by atoms with Crippen LogP contribution in [0, 0.1) is 0 Å². The summed E-state index contributed by atoms with van der Waals surface area (Å²) in [6.45, 7) is 1.64. The van der Waals surface area contributed by atoms with Crippen LogP contribution in [0.15, 0.2) is 48.5 Å². The fourth-order valence-electron chi connectivity index (χ4n) is 2.35. The topological polar surface area (TPSA) is 55.6 Å². The van der Waals surface area contributed by atoms with Crippen LogP contribution in [0.25, 0.3) is 0 Å². The van der Waals surface area contributed by atoms with Crippen LogP contribution < -0.4 is 10.6 Å². The Morgan fingerprint density at radius 1 is 1.10 bits per heavy atom. The van der Waals surface area contributed by atoms with E-state index in [-0.39, 0.29) is 5.91 Å². The maximum atomic E-state index is 12.7. The number of fused-ring (bicyclic) bond motifs is 1. The molecule has 0 bridgehead atoms. The first-order chi connectivity index (χ1) is 9.75. The van der Waals surface area contributed by atoms with Crippen molar-refractivity contribution in [2.75, 3.05) is 23.8 Å². The van der Waals surface area contributed by atoms with Gasteiger partial charge in [0.05, 0.1) is 13.2 Å². The number of hydrogen-bond acceptors (Lipinski definition) is 3. The largest absolute Gasteiger partial charge is 0.399 e. The lowest BCUT2D eigenvalue weighted by Crippen LogP contribution is -2.33. The number of carbonyl (C=O) groups is 1. The quantitative estimate of drug-likeness (QED) is 0.808. The molecule has 2 aromatic rings. The van der Waals surface area contributed by atoms with Gasteiger partial charge in [0.15, 0.2) is 0 Å². The van der Waals surface area contributed by atoms with Crippen molar-refractivity contribution >= 4 is 17.3 Å². The predicted molar refractivity (Wildman–Crippen MR) is 78.6 cm³/mol. The molecule has 0 fully saturated rings. The lowest BCUT2D eigenvalue weighted by Gasteiger charge is -2.22. The van der Waals surface area contributed by atoms with Gasteiger partial charge in [-0.05, 0) is 30.3 Å². The Kier molecular flexibility index (Phi) is 3.39. The molecule has 1 aliphatic rings. The highest BCUT2D eigenvalue weighted by atomic mass is 16.5. The van der Waals surface area contributed by atoms with Crippen molar-refractivity contribution in [3.8, 4) is 0 Å². The molecule has 0 saturated heterocycles. The molecular formula is C16H16N2O2. The van der Waals surface area contributed by atoms with Crippen molar-refractivity contribution in [3.63, 3.8) is 0 Å². The fraction of sp³-hybridized carbons (Fsp3) is 0.188. The van der Waals surface area contributed by atoms with E-state index < -0.39 is 0 Å². The predicted octanol–water partition coefficient (Wildman–Crippen LogP) is 2.45. The third-order valence-electron chi connectivity index (χ3n) is 3.40.